The summed E-state index contributed by atoms with van der Waals surface area (Å²) >= 11 is 5.75. The van der Waals surface area contributed by atoms with Crippen LogP contribution >= 0.6 is 11.6 Å². The number of imidazole rings is 1. The van der Waals surface area contributed by atoms with Crippen LogP contribution in [-0.4, -0.2) is 31.3 Å². The highest BCUT2D eigenvalue weighted by atomic mass is 35.5. The summed E-state index contributed by atoms with van der Waals surface area (Å²) in [6.07, 6.45) is 6.64. The molecule has 0 saturated heterocycles. The molecule has 0 spiro atoms. The number of nitrogens with zero attached hydrogens (tertiary/aromatic N) is 4. The van der Waals surface area contributed by atoms with Crippen LogP contribution in [0.1, 0.15) is 15.9 Å². The molecule has 10 heteroatoms. The molecular formula is C25H16ClFN6O2. The van der Waals surface area contributed by atoms with Crippen molar-refractivity contribution in [2.45, 2.75) is 0 Å². The van der Waals surface area contributed by atoms with Crippen molar-refractivity contribution in [2.75, 3.05) is 10.6 Å². The molecule has 8 nitrogen and oxygen atoms in total. The number of aromatic nitrogens is 4. The highest BCUT2D eigenvalue weighted by Crippen LogP contribution is 2.21. The SMILES string of the molecule is O=C(Nc1cccc(C(=O)c2ccc3ncc(-n4ccnc4)nc3c2)c1)Nc1ccc(F)c(Cl)c1. The normalized spacial score (nSPS) is 10.8. The van der Waals surface area contributed by atoms with Gasteiger partial charge in [-0.05, 0) is 48.5 Å². The number of benzene rings is 3. The number of carbonyl (C=O) groups is 2. The zero-order valence-electron chi connectivity index (χ0n) is 17.9. The number of anilines is 2. The molecule has 0 aliphatic heterocycles. The van der Waals surface area contributed by atoms with Crippen LogP contribution in [0, 0.1) is 5.82 Å². The first kappa shape index (κ1) is 22.2. The quantitative estimate of drug-likeness (QED) is 0.320. The van der Waals surface area contributed by atoms with Crippen LogP contribution in [0.2, 0.25) is 5.02 Å². The molecule has 0 aliphatic rings. The van der Waals surface area contributed by atoms with Crippen molar-refractivity contribution in [3.05, 3.63) is 108 Å². The maximum Gasteiger partial charge on any atom is 0.323 e. The van der Waals surface area contributed by atoms with E-state index in [1.807, 2.05) is 0 Å². The fourth-order valence-electron chi connectivity index (χ4n) is 3.43. The molecule has 0 fully saturated rings. The van der Waals surface area contributed by atoms with E-state index < -0.39 is 11.8 Å². The zero-order valence-corrected chi connectivity index (χ0v) is 18.7. The standard InChI is InChI=1S/C25H16ClFN6O2/c26-19-12-18(5-6-20(19)27)31-25(35)30-17-3-1-2-15(10-17)24(34)16-4-7-21-22(11-16)32-23(13-29-21)33-9-8-28-14-33/h1-14H,(H2,30,31,35). The van der Waals surface area contributed by atoms with E-state index in [-0.39, 0.29) is 10.8 Å². The summed E-state index contributed by atoms with van der Waals surface area (Å²) in [7, 11) is 0. The second kappa shape index (κ2) is 9.32. The Hall–Kier alpha value is -4.63. The number of carbonyl (C=O) groups excluding carboxylic acids is 2. The van der Waals surface area contributed by atoms with Gasteiger partial charge in [0.25, 0.3) is 0 Å². The first-order valence-corrected chi connectivity index (χ1v) is 10.8. The molecule has 0 aliphatic carbocycles. The lowest BCUT2D eigenvalue weighted by molar-refractivity contribution is 0.103. The second-order valence-corrected chi connectivity index (χ2v) is 7.93. The Labute approximate surface area is 203 Å². The average molecular weight is 487 g/mol. The lowest BCUT2D eigenvalue weighted by Gasteiger charge is -2.10. The highest BCUT2D eigenvalue weighted by molar-refractivity contribution is 6.31. The van der Waals surface area contributed by atoms with Gasteiger partial charge in [-0.25, -0.2) is 19.2 Å². The van der Waals surface area contributed by atoms with Crippen molar-refractivity contribution in [3.8, 4) is 5.82 Å². The van der Waals surface area contributed by atoms with E-state index in [0.29, 0.717) is 39.4 Å². The van der Waals surface area contributed by atoms with Gasteiger partial charge in [0.1, 0.15) is 12.1 Å². The molecular weight excluding hydrogens is 471 g/mol. The van der Waals surface area contributed by atoms with Gasteiger partial charge in [-0.3, -0.25) is 14.3 Å². The van der Waals surface area contributed by atoms with Crippen LogP contribution in [0.25, 0.3) is 16.9 Å². The summed E-state index contributed by atoms with van der Waals surface area (Å²) in [6, 6.07) is 14.9. The number of ketones is 1. The van der Waals surface area contributed by atoms with Crippen molar-refractivity contribution in [1.82, 2.24) is 19.5 Å². The topological polar surface area (TPSA) is 102 Å². The number of fused-ring (bicyclic) bond motifs is 1. The van der Waals surface area contributed by atoms with E-state index in [4.69, 9.17) is 11.6 Å². The second-order valence-electron chi connectivity index (χ2n) is 7.52. The van der Waals surface area contributed by atoms with Crippen molar-refractivity contribution >= 4 is 45.8 Å². The summed E-state index contributed by atoms with van der Waals surface area (Å²) in [5, 5.41) is 5.12. The Morgan fingerprint density at radius 3 is 2.49 bits per heavy atom. The van der Waals surface area contributed by atoms with Crippen molar-refractivity contribution in [2.24, 2.45) is 0 Å². The van der Waals surface area contributed by atoms with Crippen LogP contribution in [0.15, 0.2) is 85.6 Å². The number of rotatable bonds is 5. The molecule has 2 amide bonds. The van der Waals surface area contributed by atoms with Gasteiger partial charge < -0.3 is 10.6 Å². The van der Waals surface area contributed by atoms with E-state index in [9.17, 15) is 14.0 Å². The maximum atomic E-state index is 13.3. The third kappa shape index (κ3) is 4.85. The lowest BCUT2D eigenvalue weighted by atomic mass is 10.0. The predicted molar refractivity (Wildman–Crippen MR) is 131 cm³/mol. The van der Waals surface area contributed by atoms with E-state index in [1.165, 1.54) is 12.1 Å². The van der Waals surface area contributed by atoms with E-state index >= 15 is 0 Å². The minimum absolute atomic E-state index is 0.104. The van der Waals surface area contributed by atoms with Gasteiger partial charge >= 0.3 is 6.03 Å². The number of hydrogen-bond acceptors (Lipinski definition) is 5. The Bertz CT molecular complexity index is 1570. The van der Waals surface area contributed by atoms with Gasteiger partial charge in [0.05, 0.1) is 22.3 Å². The van der Waals surface area contributed by atoms with E-state index in [1.54, 1.807) is 71.9 Å². The van der Waals surface area contributed by atoms with Gasteiger partial charge in [0.2, 0.25) is 0 Å². The molecule has 3 aromatic carbocycles. The monoisotopic (exact) mass is 486 g/mol. The molecule has 2 N–H and O–H groups in total. The fraction of sp³-hybridized carbons (Fsp3) is 0. The van der Waals surface area contributed by atoms with Gasteiger partial charge in [-0.15, -0.1) is 0 Å². The molecule has 0 unspecified atom stereocenters. The lowest BCUT2D eigenvalue weighted by Crippen LogP contribution is -2.19. The highest BCUT2D eigenvalue weighted by Gasteiger charge is 2.13. The summed E-state index contributed by atoms with van der Waals surface area (Å²) in [5.41, 5.74) is 2.76. The Morgan fingerprint density at radius 2 is 1.71 bits per heavy atom. The van der Waals surface area contributed by atoms with Crippen molar-refractivity contribution < 1.29 is 14.0 Å². The van der Waals surface area contributed by atoms with E-state index in [2.05, 4.69) is 25.6 Å². The maximum absolute atomic E-state index is 13.3. The number of hydrogen-bond donors (Lipinski definition) is 2. The van der Waals surface area contributed by atoms with Gasteiger partial charge in [0, 0.05) is 34.9 Å². The Morgan fingerprint density at radius 1 is 0.914 bits per heavy atom. The van der Waals surface area contributed by atoms with Gasteiger partial charge in [0.15, 0.2) is 11.6 Å². The summed E-state index contributed by atoms with van der Waals surface area (Å²) in [4.78, 5) is 38.5. The third-order valence-electron chi connectivity index (χ3n) is 5.12. The first-order valence-electron chi connectivity index (χ1n) is 10.4. The predicted octanol–water partition coefficient (Wildman–Crippen LogP) is 5.48. The van der Waals surface area contributed by atoms with Crippen LogP contribution in [0.4, 0.5) is 20.6 Å². The molecule has 5 aromatic rings. The molecule has 35 heavy (non-hydrogen) atoms. The van der Waals surface area contributed by atoms with Crippen LogP contribution in [-0.2, 0) is 0 Å². The number of urea groups is 1. The largest absolute Gasteiger partial charge is 0.323 e. The van der Waals surface area contributed by atoms with Crippen molar-refractivity contribution in [1.29, 1.82) is 0 Å². The molecule has 172 valence electrons. The number of halogens is 2. The minimum atomic E-state index is -0.582. The fourth-order valence-corrected chi connectivity index (χ4v) is 3.61. The number of amides is 2. The van der Waals surface area contributed by atoms with E-state index in [0.717, 1.165) is 6.07 Å². The van der Waals surface area contributed by atoms with Crippen LogP contribution in [0.3, 0.4) is 0 Å². The molecule has 0 atom stereocenters. The summed E-state index contributed by atoms with van der Waals surface area (Å²) < 4.78 is 15.0. The average Bonchev–Trinajstić information content (AvgIpc) is 3.40. The Kier molecular flexibility index (Phi) is 5.90. The number of nitrogens with one attached hydrogen (secondary N) is 2. The van der Waals surface area contributed by atoms with Crippen LogP contribution in [0.5, 0.6) is 0 Å². The van der Waals surface area contributed by atoms with Crippen LogP contribution < -0.4 is 10.6 Å². The molecule has 0 saturated carbocycles. The molecule has 5 rings (SSSR count). The molecule has 0 radical (unpaired) electrons. The molecule has 2 aromatic heterocycles. The third-order valence-corrected chi connectivity index (χ3v) is 5.41. The summed E-state index contributed by atoms with van der Waals surface area (Å²) in [5.74, 6) is -0.239. The van der Waals surface area contributed by atoms with Gasteiger partial charge in [-0.1, -0.05) is 23.7 Å². The van der Waals surface area contributed by atoms with Gasteiger partial charge in [-0.2, -0.15) is 0 Å². The first-order chi connectivity index (χ1) is 17.0. The van der Waals surface area contributed by atoms with Crippen molar-refractivity contribution in [3.63, 3.8) is 0 Å². The zero-order chi connectivity index (χ0) is 24.4. The molecule has 2 heterocycles. The minimum Gasteiger partial charge on any atom is -0.308 e. The Balaban J connectivity index is 1.35. The smallest absolute Gasteiger partial charge is 0.308 e. The molecule has 0 bridgehead atoms. The summed E-state index contributed by atoms with van der Waals surface area (Å²) in [6.45, 7) is 0.